The molecule has 404 valence electrons. The van der Waals surface area contributed by atoms with E-state index in [-0.39, 0.29) is 44.6 Å². The van der Waals surface area contributed by atoms with Gasteiger partial charge in [0.25, 0.3) is 0 Å². The average Bonchev–Trinajstić information content (AvgIpc) is 3.08. The van der Waals surface area contributed by atoms with E-state index in [0.717, 1.165) is 17.8 Å². The van der Waals surface area contributed by atoms with Crippen molar-refractivity contribution in [3.05, 3.63) is 0 Å². The average molecular weight is 1170 g/mol. The van der Waals surface area contributed by atoms with Crippen LogP contribution in [0.25, 0.3) is 0 Å². The van der Waals surface area contributed by atoms with Gasteiger partial charge in [-0.3, -0.25) is 0 Å². The molecule has 2 aliphatic heterocycles. The molecule has 0 unspecified atom stereocenters. The molecule has 2 aliphatic rings. The van der Waals surface area contributed by atoms with E-state index in [1.54, 1.807) is 18.1 Å². The molecule has 0 aromatic carbocycles. The third kappa shape index (κ3) is 13.2. The van der Waals surface area contributed by atoms with Crippen molar-refractivity contribution in [2.75, 3.05) is 0 Å². The summed E-state index contributed by atoms with van der Waals surface area (Å²) >= 11 is 0. The minimum atomic E-state index is -1.08. The lowest BCUT2D eigenvalue weighted by atomic mass is 10.2. The highest BCUT2D eigenvalue weighted by atomic mass is 30.2. The van der Waals surface area contributed by atoms with Crippen LogP contribution in [0.1, 0.15) is 105 Å². The Bertz CT molecular complexity index is 1340. The largest absolute Gasteiger partial charge is 0.0776 e. The van der Waals surface area contributed by atoms with Crippen molar-refractivity contribution >= 4 is 108 Å². The Morgan fingerprint density at radius 1 is 0.277 bits per heavy atom. The Labute approximate surface area is 434 Å². The van der Waals surface area contributed by atoms with Gasteiger partial charge in [0, 0.05) is 108 Å². The van der Waals surface area contributed by atoms with Crippen LogP contribution in [0.2, 0.25) is 208 Å². The van der Waals surface area contributed by atoms with Crippen LogP contribution in [0.15, 0.2) is 0 Å². The summed E-state index contributed by atoms with van der Waals surface area (Å²) in [6.45, 7) is 96.3. The predicted molar refractivity (Wildman–Crippen MR) is 370 cm³/mol. The molecule has 2 rings (SSSR count). The monoisotopic (exact) mass is 1160 g/mol. The van der Waals surface area contributed by atoms with Crippen LogP contribution in [0.3, 0.4) is 0 Å². The van der Waals surface area contributed by atoms with Gasteiger partial charge < -0.3 is 0 Å². The van der Waals surface area contributed by atoms with Crippen LogP contribution in [0, 0.1) is 17.8 Å². The van der Waals surface area contributed by atoms with Crippen LogP contribution >= 0.6 is 0 Å². The first kappa shape index (κ1) is 82.3. The molecule has 2 saturated heterocycles. The SMILES string of the molecule is C.C.C.C.C.C.CC(C)CC[Si](C)(C)[Si](C)(C)[Si](C)(C)[Si](C)(C)C.CC(C)CC[Si]1(C)[Si](C)(C)[Si](C)(C)[Si](C)(C)[Si](C)(C)[Si]1(C)C.CC(C)CC[Si]1(C)[Si](C)(C)[Si](C)(C)[Si](C)(C)[Si]1(C)C. The molecule has 0 spiro atoms. The van der Waals surface area contributed by atoms with E-state index >= 15 is 0 Å². The van der Waals surface area contributed by atoms with E-state index in [2.05, 4.69) is 231 Å². The first-order valence-electron chi connectivity index (χ1n) is 25.2. The minimum Gasteiger partial charge on any atom is -0.0776 e. The maximum atomic E-state index is 2.95. The Morgan fingerprint density at radius 3 is 0.631 bits per heavy atom. The van der Waals surface area contributed by atoms with Crippen molar-refractivity contribution in [2.45, 2.75) is 313 Å². The normalized spacial score (nSPS) is 23.2. The first-order chi connectivity index (χ1) is 25.2. The summed E-state index contributed by atoms with van der Waals surface area (Å²) in [6, 6.07) is 4.93. The quantitative estimate of drug-likeness (QED) is 0.171. The van der Waals surface area contributed by atoms with Gasteiger partial charge in [0.15, 0.2) is 0 Å². The molecule has 2 fully saturated rings. The second kappa shape index (κ2) is 25.2. The third-order valence-corrected chi connectivity index (χ3v) is 378. The zero-order chi connectivity index (χ0) is 48.5. The van der Waals surface area contributed by atoms with Gasteiger partial charge in [0.1, 0.15) is 0 Å². The summed E-state index contributed by atoms with van der Waals surface area (Å²) in [4.78, 5) is 0. The summed E-state index contributed by atoms with van der Waals surface area (Å²) in [6.07, 6.45) is 4.50. The molecular weight excluding hydrogens is 1020 g/mol. The molecule has 0 bridgehead atoms. The maximum absolute atomic E-state index is 2.95. The summed E-state index contributed by atoms with van der Waals surface area (Å²) in [5, 5.41) is 0. The summed E-state index contributed by atoms with van der Waals surface area (Å²) in [7, 11) is -15.1. The van der Waals surface area contributed by atoms with Crippen molar-refractivity contribution in [3.63, 3.8) is 0 Å². The fraction of sp³-hybridized carbons (Fsp3) is 1.00. The van der Waals surface area contributed by atoms with Crippen LogP contribution in [-0.2, 0) is 0 Å². The highest BCUT2D eigenvalue weighted by Gasteiger charge is 2.78. The first-order valence-corrected chi connectivity index (χ1v) is 84.4. The van der Waals surface area contributed by atoms with E-state index in [0.29, 0.717) is 0 Å². The number of rotatable bonds is 12. The molecule has 0 atom stereocenters. The molecule has 0 N–H and O–H groups in total. The summed E-state index contributed by atoms with van der Waals surface area (Å²) < 4.78 is 0. The maximum Gasteiger partial charge on any atom is 0.0384 e. The molecular formula is C50H144Si15. The van der Waals surface area contributed by atoms with Crippen molar-refractivity contribution in [1.29, 1.82) is 0 Å². The molecule has 0 aromatic rings. The molecule has 65 heavy (non-hydrogen) atoms. The molecule has 0 saturated carbocycles. The van der Waals surface area contributed by atoms with E-state index in [1.807, 2.05) is 0 Å². The Hall–Kier alpha value is 3.25. The van der Waals surface area contributed by atoms with Crippen LogP contribution in [-0.4, -0.2) is 108 Å². The van der Waals surface area contributed by atoms with E-state index in [9.17, 15) is 0 Å². The Morgan fingerprint density at radius 2 is 0.462 bits per heavy atom. The highest BCUT2D eigenvalue weighted by molar-refractivity contribution is 8.14. The molecule has 0 nitrogen and oxygen atoms in total. The minimum absolute atomic E-state index is 0. The topological polar surface area (TPSA) is 0 Å². The summed E-state index contributed by atoms with van der Waals surface area (Å²) in [5.41, 5.74) is 0. The number of hydrogen-bond acceptors (Lipinski definition) is 0. The predicted octanol–water partition coefficient (Wildman–Crippen LogP) is 21.0. The zero-order valence-corrected chi connectivity index (χ0v) is 63.5. The van der Waals surface area contributed by atoms with Crippen molar-refractivity contribution in [3.8, 4) is 0 Å². The van der Waals surface area contributed by atoms with E-state index in [1.165, 1.54) is 19.3 Å². The fourth-order valence-electron chi connectivity index (χ4n) is 13.4. The van der Waals surface area contributed by atoms with Crippen molar-refractivity contribution < 1.29 is 0 Å². The second-order valence-corrected chi connectivity index (χ2v) is 205. The smallest absolute Gasteiger partial charge is 0.0384 e. The standard InChI is InChI=1S/C16H44Si6.C14H38Si5.C14H38Si4.6CH4/c1-16(2)14-15-22(13)20(9,10)18(5,6)17(3,4)19(7,8)21(22,11)12;1-14(2)12-13-19(11)17(7,8)15(3,4)16(5,6)18(19,9)10;1-14(2)12-13-16(6,7)18(10,11)17(8,9)15(3,4)5;;;;;;/h16H,14-15H2,1-13H3;14H,12-13H2,1-11H3;14H,12-13H2,1-11H3;6*1H4. The van der Waals surface area contributed by atoms with Crippen molar-refractivity contribution in [1.82, 2.24) is 0 Å². The molecule has 15 heteroatoms. The van der Waals surface area contributed by atoms with E-state index in [4.69, 9.17) is 0 Å². The van der Waals surface area contributed by atoms with E-state index < -0.39 is 108 Å². The Kier molecular flexibility index (Phi) is 31.9. The van der Waals surface area contributed by atoms with Crippen molar-refractivity contribution in [2.24, 2.45) is 17.8 Å². The third-order valence-electron chi connectivity index (χ3n) is 25.4. The van der Waals surface area contributed by atoms with Gasteiger partial charge in [0.05, 0.1) is 0 Å². The molecule has 0 radical (unpaired) electrons. The van der Waals surface area contributed by atoms with Crippen LogP contribution in [0.5, 0.6) is 0 Å². The van der Waals surface area contributed by atoms with Gasteiger partial charge in [-0.05, 0) is 17.8 Å². The van der Waals surface area contributed by atoms with Gasteiger partial charge in [0.2, 0.25) is 0 Å². The van der Waals surface area contributed by atoms with Crippen LogP contribution < -0.4 is 0 Å². The lowest BCUT2D eigenvalue weighted by molar-refractivity contribution is 0.621. The molecule has 2 heterocycles. The molecule has 0 amide bonds. The van der Waals surface area contributed by atoms with Gasteiger partial charge in [-0.15, -0.1) is 0 Å². The Balaban J connectivity index is -0.000000149. The lowest BCUT2D eigenvalue weighted by Crippen LogP contribution is -3.01. The molecule has 0 aliphatic carbocycles. The number of hydrogen-bond donors (Lipinski definition) is 0. The van der Waals surface area contributed by atoms with Gasteiger partial charge in [-0.2, -0.15) is 0 Å². The highest BCUT2D eigenvalue weighted by Crippen LogP contribution is 2.55. The fourth-order valence-corrected chi connectivity index (χ4v) is 536. The lowest BCUT2D eigenvalue weighted by Gasteiger charge is -2.73. The molecule has 0 aromatic heterocycles. The zero-order valence-electron chi connectivity index (χ0n) is 48.5. The summed E-state index contributed by atoms with van der Waals surface area (Å²) in [5.74, 6) is 2.70. The van der Waals surface area contributed by atoms with Crippen LogP contribution in [0.4, 0.5) is 0 Å². The second-order valence-electron chi connectivity index (χ2n) is 30.5. The van der Waals surface area contributed by atoms with Gasteiger partial charge in [-0.1, -0.05) is 313 Å². The van der Waals surface area contributed by atoms with Gasteiger partial charge in [-0.25, -0.2) is 0 Å². The van der Waals surface area contributed by atoms with Gasteiger partial charge >= 0.3 is 0 Å².